The Morgan fingerprint density at radius 3 is 2.08 bits per heavy atom. The van der Waals surface area contributed by atoms with Crippen molar-refractivity contribution in [3.8, 4) is 0 Å². The lowest BCUT2D eigenvalue weighted by atomic mass is 10.2. The predicted octanol–water partition coefficient (Wildman–Crippen LogP) is 0.0777. The van der Waals surface area contributed by atoms with Gasteiger partial charge in [0.2, 0.25) is 10.0 Å². The summed E-state index contributed by atoms with van der Waals surface area (Å²) in [5.41, 5.74) is 0.549. The summed E-state index contributed by atoms with van der Waals surface area (Å²) in [6.07, 6.45) is 0. The van der Waals surface area contributed by atoms with Crippen LogP contribution in [0, 0.1) is 0 Å². The molecule has 0 radical (unpaired) electrons. The van der Waals surface area contributed by atoms with Gasteiger partial charge in [-0.05, 0) is 31.2 Å². The number of rotatable bonds is 6. The van der Waals surface area contributed by atoms with Crippen LogP contribution in [0.4, 0.5) is 0 Å². The smallest absolute Gasteiger partial charge is 0.254 e. The normalized spacial score (nSPS) is 16.6. The van der Waals surface area contributed by atoms with Crippen LogP contribution in [-0.2, 0) is 10.0 Å². The summed E-state index contributed by atoms with van der Waals surface area (Å²) >= 11 is 0. The molecule has 1 N–H and O–H groups in total. The van der Waals surface area contributed by atoms with Crippen molar-refractivity contribution in [3.05, 3.63) is 29.8 Å². The fourth-order valence-corrected chi connectivity index (χ4v) is 4.50. The summed E-state index contributed by atoms with van der Waals surface area (Å²) in [5.74, 6) is -0.0167. The van der Waals surface area contributed by atoms with E-state index in [9.17, 15) is 13.2 Å². The van der Waals surface area contributed by atoms with Gasteiger partial charge in [-0.1, -0.05) is 13.8 Å². The molecule has 1 aromatic rings. The Morgan fingerprint density at radius 1 is 1.08 bits per heavy atom. The van der Waals surface area contributed by atoms with Crippen LogP contribution in [0.1, 0.15) is 31.1 Å². The molecule has 1 saturated heterocycles. The van der Waals surface area contributed by atoms with Gasteiger partial charge in [0.15, 0.2) is 0 Å². The number of nitrogens with zero attached hydrogens (tertiary/aromatic N) is 2. The first-order valence-electron chi connectivity index (χ1n) is 8.67. The van der Waals surface area contributed by atoms with E-state index in [1.807, 2.05) is 18.7 Å². The third kappa shape index (κ3) is 3.96. The average Bonchev–Trinajstić information content (AvgIpc) is 2.62. The number of quaternary nitrogens is 1. The van der Waals surface area contributed by atoms with Crippen molar-refractivity contribution >= 4 is 15.9 Å². The molecule has 6 nitrogen and oxygen atoms in total. The predicted molar refractivity (Wildman–Crippen MR) is 93.7 cm³/mol. The van der Waals surface area contributed by atoms with Gasteiger partial charge in [0, 0.05) is 18.7 Å². The van der Waals surface area contributed by atoms with Gasteiger partial charge >= 0.3 is 0 Å². The summed E-state index contributed by atoms with van der Waals surface area (Å²) < 4.78 is 26.4. The summed E-state index contributed by atoms with van der Waals surface area (Å²) in [5, 5.41) is 0. The molecule has 0 spiro atoms. The second kappa shape index (κ2) is 8.09. The number of sulfonamides is 1. The van der Waals surface area contributed by atoms with E-state index in [0.29, 0.717) is 18.7 Å². The van der Waals surface area contributed by atoms with Crippen LogP contribution in [-0.4, -0.2) is 69.3 Å². The van der Waals surface area contributed by atoms with Crippen LogP contribution in [0.25, 0.3) is 0 Å². The van der Waals surface area contributed by atoms with Gasteiger partial charge in [0.05, 0.1) is 37.6 Å². The molecule has 134 valence electrons. The standard InChI is InChI=1S/C17H27N3O3S/c1-4-18-11-13-19(14-12-18)17(21)15-7-9-16(10-8-15)24(22,23)20(5-2)6-3/h7-10H,4-6,11-14H2,1-3H3/p+1. The number of likely N-dealkylation sites (N-methyl/N-ethyl adjacent to an activating group) is 1. The zero-order chi connectivity index (χ0) is 17.7. The highest BCUT2D eigenvalue weighted by molar-refractivity contribution is 7.89. The SMILES string of the molecule is CCN(CC)S(=O)(=O)c1ccc(C(=O)N2CC[NH+](CC)CC2)cc1. The summed E-state index contributed by atoms with van der Waals surface area (Å²) in [7, 11) is -3.47. The summed E-state index contributed by atoms with van der Waals surface area (Å²) in [4.78, 5) is 16.2. The molecule has 1 aliphatic rings. The van der Waals surface area contributed by atoms with Gasteiger partial charge in [-0.3, -0.25) is 4.79 Å². The van der Waals surface area contributed by atoms with Crippen molar-refractivity contribution in [2.75, 3.05) is 45.8 Å². The maximum absolute atomic E-state index is 12.6. The Morgan fingerprint density at radius 2 is 1.62 bits per heavy atom. The number of carbonyl (C=O) groups excluding carboxylic acids is 1. The van der Waals surface area contributed by atoms with Crippen molar-refractivity contribution in [2.45, 2.75) is 25.7 Å². The number of hydrogen-bond acceptors (Lipinski definition) is 3. The van der Waals surface area contributed by atoms with E-state index in [0.717, 1.165) is 32.7 Å². The fourth-order valence-electron chi connectivity index (χ4n) is 3.04. The molecule has 2 rings (SSSR count). The van der Waals surface area contributed by atoms with Gasteiger partial charge < -0.3 is 9.80 Å². The van der Waals surface area contributed by atoms with Crippen LogP contribution >= 0.6 is 0 Å². The van der Waals surface area contributed by atoms with Crippen molar-refractivity contribution in [1.82, 2.24) is 9.21 Å². The monoisotopic (exact) mass is 354 g/mol. The van der Waals surface area contributed by atoms with Crippen molar-refractivity contribution in [3.63, 3.8) is 0 Å². The Kier molecular flexibility index (Phi) is 6.37. The lowest BCUT2D eigenvalue weighted by Crippen LogP contribution is -3.14. The minimum Gasteiger partial charge on any atom is -0.332 e. The minimum absolute atomic E-state index is 0.0167. The Hall–Kier alpha value is -1.44. The van der Waals surface area contributed by atoms with E-state index < -0.39 is 10.0 Å². The zero-order valence-electron chi connectivity index (χ0n) is 14.8. The maximum Gasteiger partial charge on any atom is 0.254 e. The molecular formula is C17H28N3O3S+. The summed E-state index contributed by atoms with van der Waals surface area (Å²) in [6.45, 7) is 11.2. The van der Waals surface area contributed by atoms with E-state index >= 15 is 0 Å². The Bertz CT molecular complexity index is 646. The molecule has 1 aromatic carbocycles. The number of nitrogens with one attached hydrogen (secondary N) is 1. The van der Waals surface area contributed by atoms with Crippen LogP contribution in [0.2, 0.25) is 0 Å². The van der Waals surface area contributed by atoms with Crippen LogP contribution in [0.15, 0.2) is 29.2 Å². The molecule has 1 fully saturated rings. The molecule has 7 heteroatoms. The Labute approximate surface area is 145 Å². The molecule has 0 bridgehead atoms. The maximum atomic E-state index is 12.6. The Balaban J connectivity index is 2.11. The lowest BCUT2D eigenvalue weighted by molar-refractivity contribution is -0.902. The summed E-state index contributed by atoms with van der Waals surface area (Å²) in [6, 6.07) is 6.32. The molecular weight excluding hydrogens is 326 g/mol. The highest BCUT2D eigenvalue weighted by Crippen LogP contribution is 2.17. The van der Waals surface area contributed by atoms with Crippen LogP contribution in [0.5, 0.6) is 0 Å². The number of hydrogen-bond donors (Lipinski definition) is 1. The highest BCUT2D eigenvalue weighted by atomic mass is 32.2. The lowest BCUT2D eigenvalue weighted by Gasteiger charge is -2.31. The zero-order valence-corrected chi connectivity index (χ0v) is 15.6. The van der Waals surface area contributed by atoms with E-state index in [1.165, 1.54) is 21.3 Å². The first kappa shape index (κ1) is 18.9. The largest absolute Gasteiger partial charge is 0.332 e. The van der Waals surface area contributed by atoms with Crippen LogP contribution in [0.3, 0.4) is 0 Å². The quantitative estimate of drug-likeness (QED) is 0.787. The highest BCUT2D eigenvalue weighted by Gasteiger charge is 2.25. The number of amides is 1. The van der Waals surface area contributed by atoms with Crippen molar-refractivity contribution in [1.29, 1.82) is 0 Å². The van der Waals surface area contributed by atoms with Crippen molar-refractivity contribution < 1.29 is 18.1 Å². The van der Waals surface area contributed by atoms with Gasteiger partial charge in [-0.2, -0.15) is 4.31 Å². The third-order valence-electron chi connectivity index (χ3n) is 4.70. The molecule has 0 aliphatic carbocycles. The second-order valence-corrected chi connectivity index (χ2v) is 7.95. The first-order chi connectivity index (χ1) is 11.4. The van der Waals surface area contributed by atoms with E-state index in [-0.39, 0.29) is 10.8 Å². The van der Waals surface area contributed by atoms with Gasteiger partial charge in [0.25, 0.3) is 5.91 Å². The molecule has 0 unspecified atom stereocenters. The van der Waals surface area contributed by atoms with Gasteiger partial charge in [0.1, 0.15) is 0 Å². The molecule has 1 amide bonds. The van der Waals surface area contributed by atoms with E-state index in [1.54, 1.807) is 12.1 Å². The molecule has 24 heavy (non-hydrogen) atoms. The molecule has 0 atom stereocenters. The molecule has 0 aromatic heterocycles. The topological polar surface area (TPSA) is 62.1 Å². The number of carbonyl (C=O) groups is 1. The molecule has 1 aliphatic heterocycles. The first-order valence-corrected chi connectivity index (χ1v) is 10.1. The van der Waals surface area contributed by atoms with Gasteiger partial charge in [-0.25, -0.2) is 8.42 Å². The average molecular weight is 354 g/mol. The third-order valence-corrected chi connectivity index (χ3v) is 6.77. The second-order valence-electron chi connectivity index (χ2n) is 6.01. The molecule has 0 saturated carbocycles. The molecule has 1 heterocycles. The van der Waals surface area contributed by atoms with Crippen molar-refractivity contribution in [2.24, 2.45) is 0 Å². The van der Waals surface area contributed by atoms with E-state index in [4.69, 9.17) is 0 Å². The van der Waals surface area contributed by atoms with Gasteiger partial charge in [-0.15, -0.1) is 0 Å². The van der Waals surface area contributed by atoms with E-state index in [2.05, 4.69) is 6.92 Å². The van der Waals surface area contributed by atoms with Crippen LogP contribution < -0.4 is 4.90 Å². The number of piperazine rings is 1. The minimum atomic E-state index is -3.47. The number of benzene rings is 1. The fraction of sp³-hybridized carbons (Fsp3) is 0.588.